The van der Waals surface area contributed by atoms with E-state index >= 15 is 0 Å². The Morgan fingerprint density at radius 3 is 2.89 bits per heavy atom. The van der Waals surface area contributed by atoms with E-state index in [2.05, 4.69) is 12.2 Å². The normalized spacial score (nSPS) is 12.6. The van der Waals surface area contributed by atoms with Gasteiger partial charge in [0.1, 0.15) is 5.76 Å². The molecule has 19 heavy (non-hydrogen) atoms. The number of rotatable bonds is 6. The number of nitrogens with one attached hydrogen (secondary N) is 1. The molecule has 1 aromatic carbocycles. The van der Waals surface area contributed by atoms with Gasteiger partial charge in [0, 0.05) is 21.7 Å². The minimum absolute atomic E-state index is 0.394. The van der Waals surface area contributed by atoms with E-state index in [0.29, 0.717) is 10.3 Å². The van der Waals surface area contributed by atoms with Crippen LogP contribution < -0.4 is 5.32 Å². The van der Waals surface area contributed by atoms with E-state index in [1.807, 2.05) is 24.3 Å². The zero-order valence-corrected chi connectivity index (χ0v) is 12.9. The maximum atomic E-state index is 6.14. The third-order valence-corrected chi connectivity index (χ3v) is 4.37. The molecule has 0 bridgehead atoms. The lowest BCUT2D eigenvalue weighted by Gasteiger charge is -2.13. The molecule has 1 atom stereocenters. The second kappa shape index (κ2) is 7.25. The standard InChI is InChI=1S/C14H15Cl2NOS/c1-10(8-17-9-12-3-2-6-18-12)19-14-7-11(15)4-5-13(14)16/h2-7,10,17H,8-9H2,1H3. The molecule has 102 valence electrons. The first kappa shape index (κ1) is 14.8. The van der Waals surface area contributed by atoms with Crippen LogP contribution in [0.15, 0.2) is 45.9 Å². The molecule has 0 aliphatic carbocycles. The first-order chi connectivity index (χ1) is 9.15. The van der Waals surface area contributed by atoms with Crippen molar-refractivity contribution in [3.05, 3.63) is 52.4 Å². The van der Waals surface area contributed by atoms with E-state index in [0.717, 1.165) is 28.8 Å². The highest BCUT2D eigenvalue weighted by Gasteiger charge is 2.08. The van der Waals surface area contributed by atoms with Crippen LogP contribution in [0, 0.1) is 0 Å². The Morgan fingerprint density at radius 1 is 1.32 bits per heavy atom. The predicted octanol–water partition coefficient (Wildman–Crippen LogP) is 4.86. The molecule has 5 heteroatoms. The van der Waals surface area contributed by atoms with Crippen molar-refractivity contribution < 1.29 is 4.42 Å². The molecule has 0 aliphatic heterocycles. The maximum Gasteiger partial charge on any atom is 0.117 e. The molecule has 1 heterocycles. The number of benzene rings is 1. The van der Waals surface area contributed by atoms with Crippen molar-refractivity contribution >= 4 is 35.0 Å². The summed E-state index contributed by atoms with van der Waals surface area (Å²) in [5.74, 6) is 0.943. The van der Waals surface area contributed by atoms with E-state index in [1.54, 1.807) is 24.1 Å². The third-order valence-electron chi connectivity index (χ3n) is 2.53. The fourth-order valence-electron chi connectivity index (χ4n) is 1.64. The smallest absolute Gasteiger partial charge is 0.117 e. The summed E-state index contributed by atoms with van der Waals surface area (Å²) < 4.78 is 5.26. The fourth-order valence-corrected chi connectivity index (χ4v) is 3.14. The molecule has 0 saturated heterocycles. The molecule has 0 aliphatic rings. The molecule has 1 N–H and O–H groups in total. The second-order valence-electron chi connectivity index (χ2n) is 4.21. The van der Waals surface area contributed by atoms with Gasteiger partial charge in [-0.3, -0.25) is 0 Å². The van der Waals surface area contributed by atoms with Gasteiger partial charge in [0.25, 0.3) is 0 Å². The average molecular weight is 316 g/mol. The van der Waals surface area contributed by atoms with Crippen molar-refractivity contribution in [2.45, 2.75) is 23.6 Å². The van der Waals surface area contributed by atoms with Crippen LogP contribution in [0.5, 0.6) is 0 Å². The van der Waals surface area contributed by atoms with Gasteiger partial charge in [-0.1, -0.05) is 30.1 Å². The van der Waals surface area contributed by atoms with Gasteiger partial charge in [-0.2, -0.15) is 0 Å². The fraction of sp³-hybridized carbons (Fsp3) is 0.286. The van der Waals surface area contributed by atoms with Crippen molar-refractivity contribution in [2.75, 3.05) is 6.54 Å². The Bertz CT molecular complexity index is 516. The van der Waals surface area contributed by atoms with Crippen LogP contribution in [-0.2, 0) is 6.54 Å². The van der Waals surface area contributed by atoms with Crippen LogP contribution in [0.4, 0.5) is 0 Å². The highest BCUT2D eigenvalue weighted by Crippen LogP contribution is 2.32. The van der Waals surface area contributed by atoms with E-state index in [-0.39, 0.29) is 0 Å². The molecule has 1 unspecified atom stereocenters. The monoisotopic (exact) mass is 315 g/mol. The molecule has 0 radical (unpaired) electrons. The summed E-state index contributed by atoms with van der Waals surface area (Å²) in [5.41, 5.74) is 0. The van der Waals surface area contributed by atoms with Crippen LogP contribution in [0.3, 0.4) is 0 Å². The largest absolute Gasteiger partial charge is 0.468 e. The van der Waals surface area contributed by atoms with E-state index in [9.17, 15) is 0 Å². The summed E-state index contributed by atoms with van der Waals surface area (Å²) >= 11 is 13.8. The molecule has 2 rings (SSSR count). The minimum atomic E-state index is 0.394. The van der Waals surface area contributed by atoms with E-state index < -0.39 is 0 Å². The van der Waals surface area contributed by atoms with Crippen LogP contribution in [-0.4, -0.2) is 11.8 Å². The highest BCUT2D eigenvalue weighted by molar-refractivity contribution is 8.00. The van der Waals surface area contributed by atoms with Crippen LogP contribution >= 0.6 is 35.0 Å². The van der Waals surface area contributed by atoms with Crippen LogP contribution in [0.2, 0.25) is 10.0 Å². The number of hydrogen-bond acceptors (Lipinski definition) is 3. The topological polar surface area (TPSA) is 25.2 Å². The van der Waals surface area contributed by atoms with Gasteiger partial charge in [-0.15, -0.1) is 11.8 Å². The lowest BCUT2D eigenvalue weighted by atomic mass is 10.4. The van der Waals surface area contributed by atoms with Gasteiger partial charge < -0.3 is 9.73 Å². The van der Waals surface area contributed by atoms with E-state index in [1.165, 1.54) is 0 Å². The van der Waals surface area contributed by atoms with Crippen molar-refractivity contribution in [2.24, 2.45) is 0 Å². The second-order valence-corrected chi connectivity index (χ2v) is 6.54. The van der Waals surface area contributed by atoms with Crippen molar-refractivity contribution in [1.82, 2.24) is 5.32 Å². The van der Waals surface area contributed by atoms with Gasteiger partial charge in [0.2, 0.25) is 0 Å². The SMILES string of the molecule is CC(CNCc1ccco1)Sc1cc(Cl)ccc1Cl. The average Bonchev–Trinajstić information content (AvgIpc) is 2.87. The number of furan rings is 1. The van der Waals surface area contributed by atoms with Crippen molar-refractivity contribution in [1.29, 1.82) is 0 Å². The highest BCUT2D eigenvalue weighted by atomic mass is 35.5. The lowest BCUT2D eigenvalue weighted by Crippen LogP contribution is -2.22. The van der Waals surface area contributed by atoms with Gasteiger partial charge in [0.05, 0.1) is 17.8 Å². The number of halogens is 2. The summed E-state index contributed by atoms with van der Waals surface area (Å²) in [6.07, 6.45) is 1.68. The molecule has 0 amide bonds. The van der Waals surface area contributed by atoms with Gasteiger partial charge >= 0.3 is 0 Å². The molecule has 2 nitrogen and oxygen atoms in total. The molecule has 0 spiro atoms. The van der Waals surface area contributed by atoms with Gasteiger partial charge in [0.15, 0.2) is 0 Å². The van der Waals surface area contributed by atoms with Crippen molar-refractivity contribution in [3.63, 3.8) is 0 Å². The molecule has 0 fully saturated rings. The first-order valence-corrected chi connectivity index (χ1v) is 7.63. The minimum Gasteiger partial charge on any atom is -0.468 e. The summed E-state index contributed by atoms with van der Waals surface area (Å²) in [6.45, 7) is 3.76. The molecular weight excluding hydrogens is 301 g/mol. The summed E-state index contributed by atoms with van der Waals surface area (Å²) in [7, 11) is 0. The van der Waals surface area contributed by atoms with Gasteiger partial charge in [-0.25, -0.2) is 0 Å². The summed E-state index contributed by atoms with van der Waals surface area (Å²) in [6, 6.07) is 9.38. The molecular formula is C14H15Cl2NOS. The predicted molar refractivity (Wildman–Crippen MR) is 82.2 cm³/mol. The Labute approximate surface area is 127 Å². The molecule has 1 aromatic heterocycles. The number of hydrogen-bond donors (Lipinski definition) is 1. The van der Waals surface area contributed by atoms with Crippen LogP contribution in [0.1, 0.15) is 12.7 Å². The van der Waals surface area contributed by atoms with Crippen LogP contribution in [0.25, 0.3) is 0 Å². The maximum absolute atomic E-state index is 6.14. The Balaban J connectivity index is 1.80. The lowest BCUT2D eigenvalue weighted by molar-refractivity contribution is 0.484. The van der Waals surface area contributed by atoms with Crippen molar-refractivity contribution in [3.8, 4) is 0 Å². The summed E-state index contributed by atoms with van der Waals surface area (Å²) in [4.78, 5) is 1.02. The zero-order chi connectivity index (χ0) is 13.7. The summed E-state index contributed by atoms with van der Waals surface area (Å²) in [5, 5.41) is 5.20. The first-order valence-electron chi connectivity index (χ1n) is 6.00. The zero-order valence-electron chi connectivity index (χ0n) is 10.5. The van der Waals surface area contributed by atoms with E-state index in [4.69, 9.17) is 27.6 Å². The molecule has 2 aromatic rings. The molecule has 0 saturated carbocycles. The Morgan fingerprint density at radius 2 is 2.16 bits per heavy atom. The Kier molecular flexibility index (Phi) is 5.64. The third kappa shape index (κ3) is 4.77. The van der Waals surface area contributed by atoms with Gasteiger partial charge in [-0.05, 0) is 30.3 Å². The number of thioether (sulfide) groups is 1. The quantitative estimate of drug-likeness (QED) is 0.771. The Hall–Kier alpha value is -0.610.